The number of nitrogens with two attached hydrogens (primary N) is 1. The molecule has 0 saturated heterocycles. The van der Waals surface area contributed by atoms with Gasteiger partial charge in [-0.3, -0.25) is 5.73 Å². The van der Waals surface area contributed by atoms with Gasteiger partial charge in [-0.2, -0.15) is 0 Å². The number of rotatable bonds is 3. The lowest BCUT2D eigenvalue weighted by atomic mass is 10.0. The zero-order chi connectivity index (χ0) is 8.36. The van der Waals surface area contributed by atoms with Gasteiger partial charge in [0.05, 0.1) is 0 Å². The van der Waals surface area contributed by atoms with Crippen LogP contribution in [0.3, 0.4) is 0 Å². The molecule has 1 atom stereocenters. The molecular formula is C6H13NO3. The number of aliphatic hydroxyl groups is 1. The Kier molecular flexibility index (Phi) is 2.80. The Bertz CT molecular complexity index is 131. The van der Waals surface area contributed by atoms with Crippen molar-refractivity contribution in [3.05, 3.63) is 0 Å². The monoisotopic (exact) mass is 147 g/mol. The van der Waals surface area contributed by atoms with E-state index in [9.17, 15) is 4.79 Å². The first-order valence-corrected chi connectivity index (χ1v) is 3.11. The van der Waals surface area contributed by atoms with Gasteiger partial charge < -0.3 is 10.2 Å². The molecule has 0 aromatic rings. The largest absolute Gasteiger partial charge is 0.478 e. The highest BCUT2D eigenvalue weighted by molar-refractivity contribution is 5.76. The average molecular weight is 147 g/mol. The molecule has 4 N–H and O–H groups in total. The third-order valence-corrected chi connectivity index (χ3v) is 1.09. The molecule has 0 unspecified atom stereocenters. The second-order valence-electron chi connectivity index (χ2n) is 2.83. The van der Waals surface area contributed by atoms with Gasteiger partial charge >= 0.3 is 5.97 Å². The molecule has 0 aliphatic rings. The Morgan fingerprint density at radius 1 is 1.70 bits per heavy atom. The molecule has 4 heteroatoms. The molecule has 0 amide bonds. The maximum absolute atomic E-state index is 10.2. The number of carbonyl (C=O) groups is 1. The first-order chi connectivity index (χ1) is 4.36. The van der Waals surface area contributed by atoms with Gasteiger partial charge in [0.15, 0.2) is 0 Å². The maximum atomic E-state index is 10.2. The van der Waals surface area contributed by atoms with Gasteiger partial charge in [0.25, 0.3) is 0 Å². The summed E-state index contributed by atoms with van der Waals surface area (Å²) in [5, 5.41) is 17.3. The van der Waals surface area contributed by atoms with Gasteiger partial charge in [-0.25, -0.2) is 4.79 Å². The zero-order valence-corrected chi connectivity index (χ0v) is 6.16. The van der Waals surface area contributed by atoms with Crippen LogP contribution < -0.4 is 5.73 Å². The molecule has 0 spiro atoms. The minimum atomic E-state index is -2.06. The molecule has 0 aromatic heterocycles. The first kappa shape index (κ1) is 9.39. The summed E-state index contributed by atoms with van der Waals surface area (Å²) in [5.41, 5.74) is 2.96. The Morgan fingerprint density at radius 2 is 2.10 bits per heavy atom. The summed E-state index contributed by atoms with van der Waals surface area (Å²) in [7, 11) is 0. The molecule has 4 nitrogen and oxygen atoms in total. The second kappa shape index (κ2) is 2.98. The van der Waals surface area contributed by atoms with Crippen molar-refractivity contribution in [1.29, 1.82) is 0 Å². The van der Waals surface area contributed by atoms with Crippen molar-refractivity contribution in [2.75, 3.05) is 0 Å². The fourth-order valence-electron chi connectivity index (χ4n) is 0.710. The quantitative estimate of drug-likeness (QED) is 0.481. The molecule has 0 saturated carbocycles. The summed E-state index contributed by atoms with van der Waals surface area (Å²) < 4.78 is 0. The Balaban J connectivity index is 4.00. The lowest BCUT2D eigenvalue weighted by Crippen LogP contribution is -2.48. The van der Waals surface area contributed by atoms with E-state index < -0.39 is 11.7 Å². The van der Waals surface area contributed by atoms with E-state index in [0.717, 1.165) is 0 Å². The van der Waals surface area contributed by atoms with Crippen LogP contribution in [0, 0.1) is 5.92 Å². The minimum absolute atomic E-state index is 0.0718. The van der Waals surface area contributed by atoms with Gasteiger partial charge in [0.2, 0.25) is 5.72 Å². The standard InChI is InChI=1S/C6H13NO3/c1-4(2)3-6(7,10)5(8)9/h4,10H,3,7H2,1-2H3,(H,8,9)/t6-/m1/s1. The van der Waals surface area contributed by atoms with Crippen molar-refractivity contribution < 1.29 is 15.0 Å². The Morgan fingerprint density at radius 3 is 2.20 bits per heavy atom. The van der Waals surface area contributed by atoms with E-state index >= 15 is 0 Å². The van der Waals surface area contributed by atoms with Crippen molar-refractivity contribution in [2.45, 2.75) is 26.0 Å². The van der Waals surface area contributed by atoms with E-state index in [2.05, 4.69) is 0 Å². The summed E-state index contributed by atoms with van der Waals surface area (Å²) in [6, 6.07) is 0. The van der Waals surface area contributed by atoms with Crippen molar-refractivity contribution in [1.82, 2.24) is 0 Å². The lowest BCUT2D eigenvalue weighted by molar-refractivity contribution is -0.159. The van der Waals surface area contributed by atoms with Crippen molar-refractivity contribution in [3.8, 4) is 0 Å². The van der Waals surface area contributed by atoms with Crippen LogP contribution >= 0.6 is 0 Å². The van der Waals surface area contributed by atoms with Gasteiger partial charge in [-0.15, -0.1) is 0 Å². The van der Waals surface area contributed by atoms with Crippen LogP contribution in [0.5, 0.6) is 0 Å². The summed E-state index contributed by atoms with van der Waals surface area (Å²) >= 11 is 0. The van der Waals surface area contributed by atoms with E-state index in [-0.39, 0.29) is 12.3 Å². The summed E-state index contributed by atoms with van der Waals surface area (Å²) in [6.07, 6.45) is 0.0718. The molecule has 10 heavy (non-hydrogen) atoms. The number of aliphatic carboxylic acids is 1. The normalized spacial score (nSPS) is 16.9. The number of hydrogen-bond donors (Lipinski definition) is 3. The van der Waals surface area contributed by atoms with Gasteiger partial charge in [0, 0.05) is 6.42 Å². The minimum Gasteiger partial charge on any atom is -0.478 e. The molecule has 0 rings (SSSR count). The average Bonchev–Trinajstić information content (AvgIpc) is 1.60. The molecule has 60 valence electrons. The molecular weight excluding hydrogens is 134 g/mol. The van der Waals surface area contributed by atoms with Gasteiger partial charge in [-0.1, -0.05) is 13.8 Å². The highest BCUT2D eigenvalue weighted by Gasteiger charge is 2.31. The van der Waals surface area contributed by atoms with E-state index in [1.54, 1.807) is 13.8 Å². The second-order valence-corrected chi connectivity index (χ2v) is 2.83. The molecule has 0 aromatic carbocycles. The van der Waals surface area contributed by atoms with Crippen molar-refractivity contribution in [3.63, 3.8) is 0 Å². The Labute approximate surface area is 59.7 Å². The fraction of sp³-hybridized carbons (Fsp3) is 0.833. The molecule has 0 aliphatic heterocycles. The third kappa shape index (κ3) is 2.80. The molecule has 0 bridgehead atoms. The predicted molar refractivity (Wildman–Crippen MR) is 36.2 cm³/mol. The third-order valence-electron chi connectivity index (χ3n) is 1.09. The van der Waals surface area contributed by atoms with Crippen LogP contribution in [0.2, 0.25) is 0 Å². The molecule has 0 aliphatic carbocycles. The maximum Gasteiger partial charge on any atom is 0.351 e. The Hall–Kier alpha value is -0.610. The number of hydrogen-bond acceptors (Lipinski definition) is 3. The summed E-state index contributed by atoms with van der Waals surface area (Å²) in [6.45, 7) is 3.58. The van der Waals surface area contributed by atoms with Crippen LogP contribution in [0.15, 0.2) is 0 Å². The van der Waals surface area contributed by atoms with Crippen molar-refractivity contribution >= 4 is 5.97 Å². The molecule has 0 radical (unpaired) electrons. The number of carboxylic acids is 1. The number of carboxylic acid groups (broad SMARTS) is 1. The van der Waals surface area contributed by atoms with E-state index in [1.807, 2.05) is 0 Å². The van der Waals surface area contributed by atoms with Crippen LogP contribution in [-0.2, 0) is 4.79 Å². The summed E-state index contributed by atoms with van der Waals surface area (Å²) in [5.74, 6) is -1.30. The highest BCUT2D eigenvalue weighted by Crippen LogP contribution is 2.10. The zero-order valence-electron chi connectivity index (χ0n) is 6.16. The predicted octanol–water partition coefficient (Wildman–Crippen LogP) is -0.236. The van der Waals surface area contributed by atoms with E-state index in [4.69, 9.17) is 15.9 Å². The van der Waals surface area contributed by atoms with Gasteiger partial charge in [-0.05, 0) is 5.92 Å². The first-order valence-electron chi connectivity index (χ1n) is 3.11. The van der Waals surface area contributed by atoms with Crippen LogP contribution in [-0.4, -0.2) is 21.9 Å². The lowest BCUT2D eigenvalue weighted by Gasteiger charge is -2.19. The van der Waals surface area contributed by atoms with Crippen LogP contribution in [0.25, 0.3) is 0 Å². The van der Waals surface area contributed by atoms with Crippen LogP contribution in [0.1, 0.15) is 20.3 Å². The summed E-state index contributed by atoms with van der Waals surface area (Å²) in [4.78, 5) is 10.2. The van der Waals surface area contributed by atoms with Crippen LogP contribution in [0.4, 0.5) is 0 Å². The molecule has 0 fully saturated rings. The topological polar surface area (TPSA) is 83.5 Å². The molecule has 0 heterocycles. The van der Waals surface area contributed by atoms with Crippen molar-refractivity contribution in [2.24, 2.45) is 11.7 Å². The fourth-order valence-corrected chi connectivity index (χ4v) is 0.710. The SMILES string of the molecule is CC(C)C[C@@](N)(O)C(=O)O. The van der Waals surface area contributed by atoms with E-state index in [1.165, 1.54) is 0 Å². The van der Waals surface area contributed by atoms with Gasteiger partial charge in [0.1, 0.15) is 0 Å². The van der Waals surface area contributed by atoms with E-state index in [0.29, 0.717) is 0 Å². The smallest absolute Gasteiger partial charge is 0.351 e. The highest BCUT2D eigenvalue weighted by atomic mass is 16.4.